The number of aliphatic hydroxyl groups excluding tert-OH is 1. The van der Waals surface area contributed by atoms with Crippen LogP contribution in [0.25, 0.3) is 0 Å². The molecule has 2 heterocycles. The topological polar surface area (TPSA) is 49.2 Å². The summed E-state index contributed by atoms with van der Waals surface area (Å²) in [4.78, 5) is 11.0. The van der Waals surface area contributed by atoms with Crippen LogP contribution in [-0.4, -0.2) is 34.3 Å². The van der Waals surface area contributed by atoms with Gasteiger partial charge < -0.3 is 10.0 Å². The normalized spacial score (nSPS) is 20.5. The van der Waals surface area contributed by atoms with Crippen LogP contribution in [0.1, 0.15) is 39.4 Å². The Bertz CT molecular complexity index is 431. The third kappa shape index (κ3) is 2.75. The van der Waals surface area contributed by atoms with Crippen LogP contribution >= 0.6 is 11.6 Å². The number of halogens is 1. The van der Waals surface area contributed by atoms with Crippen LogP contribution in [-0.2, 0) is 5.41 Å². The summed E-state index contributed by atoms with van der Waals surface area (Å²) >= 11 is 6.09. The van der Waals surface area contributed by atoms with Gasteiger partial charge in [-0.15, -0.1) is 0 Å². The number of hydrogen-bond donors (Lipinski definition) is 1. The molecular formula is C13H20ClN3O. The first kappa shape index (κ1) is 13.6. The summed E-state index contributed by atoms with van der Waals surface area (Å²) in [5.74, 6) is 1.57. The molecule has 2 rings (SSSR count). The second-order valence-corrected chi connectivity index (χ2v) is 6.18. The predicted molar refractivity (Wildman–Crippen MR) is 73.2 cm³/mol. The van der Waals surface area contributed by atoms with Gasteiger partial charge in [0.05, 0.1) is 12.6 Å². The van der Waals surface area contributed by atoms with Crippen LogP contribution in [0.2, 0.25) is 5.15 Å². The molecule has 5 heteroatoms. The van der Waals surface area contributed by atoms with Gasteiger partial charge in [-0.2, -0.15) is 0 Å². The molecule has 1 saturated heterocycles. The molecule has 0 spiro atoms. The van der Waals surface area contributed by atoms with Crippen molar-refractivity contribution in [3.63, 3.8) is 0 Å². The highest BCUT2D eigenvalue weighted by Gasteiger charge is 2.27. The van der Waals surface area contributed by atoms with Crippen LogP contribution in [0.15, 0.2) is 6.07 Å². The molecule has 0 aliphatic carbocycles. The van der Waals surface area contributed by atoms with E-state index >= 15 is 0 Å². The maximum Gasteiger partial charge on any atom is 0.137 e. The molecule has 18 heavy (non-hydrogen) atoms. The zero-order valence-electron chi connectivity index (χ0n) is 11.1. The van der Waals surface area contributed by atoms with Crippen LogP contribution in [0.5, 0.6) is 0 Å². The minimum absolute atomic E-state index is 0.131. The quantitative estimate of drug-likeness (QED) is 0.838. The lowest BCUT2D eigenvalue weighted by atomic mass is 9.96. The summed E-state index contributed by atoms with van der Waals surface area (Å²) in [6, 6.07) is 1.94. The molecule has 1 aliphatic heterocycles. The van der Waals surface area contributed by atoms with Gasteiger partial charge in [-0.1, -0.05) is 32.4 Å². The molecule has 1 aromatic heterocycles. The Hall–Kier alpha value is -0.870. The Morgan fingerprint density at radius 1 is 1.44 bits per heavy atom. The predicted octanol–water partition coefficient (Wildman–Crippen LogP) is 2.39. The van der Waals surface area contributed by atoms with Crippen molar-refractivity contribution in [3.05, 3.63) is 17.0 Å². The van der Waals surface area contributed by atoms with E-state index in [1.165, 1.54) is 0 Å². The zero-order chi connectivity index (χ0) is 13.3. The van der Waals surface area contributed by atoms with Crippen LogP contribution in [0.3, 0.4) is 0 Å². The molecule has 1 atom stereocenters. The van der Waals surface area contributed by atoms with E-state index in [0.717, 1.165) is 31.0 Å². The summed E-state index contributed by atoms with van der Waals surface area (Å²) in [6.45, 7) is 7.27. The van der Waals surface area contributed by atoms with Gasteiger partial charge in [-0.05, 0) is 12.8 Å². The van der Waals surface area contributed by atoms with Crippen molar-refractivity contribution in [3.8, 4) is 0 Å². The van der Waals surface area contributed by atoms with E-state index in [1.54, 1.807) is 6.07 Å². The van der Waals surface area contributed by atoms with Crippen molar-refractivity contribution in [2.24, 2.45) is 0 Å². The van der Waals surface area contributed by atoms with Crippen molar-refractivity contribution in [2.45, 2.75) is 45.1 Å². The second kappa shape index (κ2) is 5.02. The smallest absolute Gasteiger partial charge is 0.137 e. The Kier molecular flexibility index (Phi) is 3.78. The van der Waals surface area contributed by atoms with Crippen molar-refractivity contribution in [2.75, 3.05) is 18.1 Å². The van der Waals surface area contributed by atoms with Gasteiger partial charge >= 0.3 is 0 Å². The maximum atomic E-state index is 9.38. The van der Waals surface area contributed by atoms with Crippen LogP contribution in [0.4, 0.5) is 5.82 Å². The largest absolute Gasteiger partial charge is 0.394 e. The average Bonchev–Trinajstić information content (AvgIpc) is 2.74. The fraction of sp³-hybridized carbons (Fsp3) is 0.692. The van der Waals surface area contributed by atoms with Gasteiger partial charge in [0.1, 0.15) is 16.8 Å². The van der Waals surface area contributed by atoms with E-state index in [9.17, 15) is 5.11 Å². The van der Waals surface area contributed by atoms with Gasteiger partial charge in [0.15, 0.2) is 0 Å². The number of nitrogens with zero attached hydrogens (tertiary/aromatic N) is 3. The number of hydrogen-bond acceptors (Lipinski definition) is 4. The minimum Gasteiger partial charge on any atom is -0.394 e. The summed E-state index contributed by atoms with van der Waals surface area (Å²) < 4.78 is 0. The van der Waals surface area contributed by atoms with E-state index in [-0.39, 0.29) is 18.1 Å². The number of rotatable bonds is 2. The first-order valence-electron chi connectivity index (χ1n) is 6.34. The summed E-state index contributed by atoms with van der Waals surface area (Å²) in [5, 5.41) is 9.84. The maximum absolute atomic E-state index is 9.38. The Balaban J connectivity index is 2.36. The minimum atomic E-state index is -0.131. The molecule has 0 bridgehead atoms. The summed E-state index contributed by atoms with van der Waals surface area (Å²) in [7, 11) is 0. The van der Waals surface area contributed by atoms with Crippen molar-refractivity contribution in [1.29, 1.82) is 0 Å². The molecule has 0 saturated carbocycles. The van der Waals surface area contributed by atoms with Gasteiger partial charge in [0, 0.05) is 18.0 Å². The third-order valence-electron chi connectivity index (χ3n) is 3.23. The molecule has 1 fully saturated rings. The lowest BCUT2D eigenvalue weighted by Gasteiger charge is -2.26. The second-order valence-electron chi connectivity index (χ2n) is 5.79. The fourth-order valence-corrected chi connectivity index (χ4v) is 2.39. The Morgan fingerprint density at radius 2 is 2.17 bits per heavy atom. The summed E-state index contributed by atoms with van der Waals surface area (Å²) in [5.41, 5.74) is -0.131. The first-order chi connectivity index (χ1) is 8.41. The van der Waals surface area contributed by atoms with Gasteiger partial charge in [0.25, 0.3) is 0 Å². The van der Waals surface area contributed by atoms with Crippen molar-refractivity contribution in [1.82, 2.24) is 9.97 Å². The number of aromatic nitrogens is 2. The monoisotopic (exact) mass is 269 g/mol. The highest BCUT2D eigenvalue weighted by atomic mass is 35.5. The fourth-order valence-electron chi connectivity index (χ4n) is 2.22. The third-order valence-corrected chi connectivity index (χ3v) is 3.43. The number of aliphatic hydroxyl groups is 1. The van der Waals surface area contributed by atoms with Crippen molar-refractivity contribution < 1.29 is 5.11 Å². The average molecular weight is 270 g/mol. The van der Waals surface area contributed by atoms with E-state index in [2.05, 4.69) is 35.6 Å². The molecular weight excluding hydrogens is 250 g/mol. The molecule has 1 N–H and O–H groups in total. The van der Waals surface area contributed by atoms with E-state index in [1.807, 2.05) is 0 Å². The first-order valence-corrected chi connectivity index (χ1v) is 6.72. The molecule has 0 amide bonds. The van der Waals surface area contributed by atoms with Crippen LogP contribution in [0, 0.1) is 0 Å². The molecule has 4 nitrogen and oxygen atoms in total. The van der Waals surface area contributed by atoms with E-state index in [0.29, 0.717) is 5.15 Å². The van der Waals surface area contributed by atoms with E-state index in [4.69, 9.17) is 11.6 Å². The lowest BCUT2D eigenvalue weighted by molar-refractivity contribution is 0.266. The Labute approximate surface area is 113 Å². The molecule has 1 unspecified atom stereocenters. The van der Waals surface area contributed by atoms with Gasteiger partial charge in [0.2, 0.25) is 0 Å². The molecule has 1 aliphatic rings. The lowest BCUT2D eigenvalue weighted by Crippen LogP contribution is -2.33. The Morgan fingerprint density at radius 3 is 2.78 bits per heavy atom. The molecule has 0 aromatic carbocycles. The van der Waals surface area contributed by atoms with Crippen molar-refractivity contribution >= 4 is 17.4 Å². The van der Waals surface area contributed by atoms with Crippen LogP contribution < -0.4 is 4.90 Å². The zero-order valence-corrected chi connectivity index (χ0v) is 11.9. The summed E-state index contributed by atoms with van der Waals surface area (Å²) in [6.07, 6.45) is 2.08. The highest BCUT2D eigenvalue weighted by Crippen LogP contribution is 2.28. The SMILES string of the molecule is CC(C)(C)c1nc(Cl)cc(N2CCCC2CO)n1. The van der Waals surface area contributed by atoms with Gasteiger partial charge in [-0.3, -0.25) is 0 Å². The highest BCUT2D eigenvalue weighted by molar-refractivity contribution is 6.29. The molecule has 100 valence electrons. The standard InChI is InChI=1S/C13H20ClN3O/c1-13(2,3)12-15-10(14)7-11(16-12)17-6-4-5-9(17)8-18/h7,9,18H,4-6,8H2,1-3H3. The van der Waals surface area contributed by atoms with Gasteiger partial charge in [-0.25, -0.2) is 9.97 Å². The molecule has 1 aromatic rings. The number of anilines is 1. The van der Waals surface area contributed by atoms with E-state index < -0.39 is 0 Å². The molecule has 0 radical (unpaired) electrons.